The van der Waals surface area contributed by atoms with Gasteiger partial charge in [0.05, 0.1) is 0 Å². The Bertz CT molecular complexity index is 995. The van der Waals surface area contributed by atoms with Gasteiger partial charge >= 0.3 is 12.0 Å². The van der Waals surface area contributed by atoms with Crippen LogP contribution in [0.2, 0.25) is 0 Å². The molecule has 0 unspecified atom stereocenters. The fraction of sp³-hybridized carbons (Fsp3) is 0.333. The number of amides is 3. The normalized spacial score (nSPS) is 18.7. The van der Waals surface area contributed by atoms with E-state index >= 15 is 0 Å². The number of ether oxygens (including phenoxy) is 1. The van der Waals surface area contributed by atoms with Gasteiger partial charge in [-0.1, -0.05) is 30.3 Å². The fourth-order valence-electron chi connectivity index (χ4n) is 3.34. The zero-order chi connectivity index (χ0) is 21.3. The molecule has 3 rings (SSSR count). The molecule has 2 aromatic rings. The van der Waals surface area contributed by atoms with Crippen LogP contribution in [-0.4, -0.2) is 46.3 Å². The molecule has 1 atom stereocenters. The number of Topliss-reactive ketones (excluding diaryl/α,β-unsaturated/α-hetero) is 1. The summed E-state index contributed by atoms with van der Waals surface area (Å²) in [5.41, 5.74) is 1.52. The summed E-state index contributed by atoms with van der Waals surface area (Å²) in [6.07, 6.45) is 0. The molecule has 1 fully saturated rings. The number of imide groups is 1. The maximum Gasteiger partial charge on any atom is 0.326 e. The number of nitrogens with one attached hydrogen (secondary N) is 1. The van der Waals surface area contributed by atoms with Crippen molar-refractivity contribution in [3.63, 3.8) is 0 Å². The minimum Gasteiger partial charge on any atom is -0.456 e. The van der Waals surface area contributed by atoms with Crippen LogP contribution >= 0.6 is 0 Å². The maximum absolute atomic E-state index is 12.8. The van der Waals surface area contributed by atoms with Crippen LogP contribution in [0.15, 0.2) is 36.4 Å². The molecule has 0 bridgehead atoms. The van der Waals surface area contributed by atoms with Crippen LogP contribution in [0.25, 0.3) is 0 Å². The second kappa shape index (κ2) is 7.54. The van der Waals surface area contributed by atoms with E-state index in [4.69, 9.17) is 4.74 Å². The molecule has 29 heavy (non-hydrogen) atoms. The number of benzene rings is 1. The average Bonchev–Trinajstić information content (AvgIpc) is 3.09. The van der Waals surface area contributed by atoms with E-state index in [0.717, 1.165) is 16.3 Å². The van der Waals surface area contributed by atoms with Crippen molar-refractivity contribution in [1.29, 1.82) is 0 Å². The first kappa shape index (κ1) is 20.3. The summed E-state index contributed by atoms with van der Waals surface area (Å²) in [5, 5.41) is 2.62. The molecule has 8 heteroatoms. The van der Waals surface area contributed by atoms with E-state index < -0.39 is 36.6 Å². The van der Waals surface area contributed by atoms with Gasteiger partial charge in [0.2, 0.25) is 5.78 Å². The zero-order valence-electron chi connectivity index (χ0n) is 16.8. The van der Waals surface area contributed by atoms with Gasteiger partial charge < -0.3 is 14.6 Å². The molecule has 8 nitrogen and oxygen atoms in total. The largest absolute Gasteiger partial charge is 0.456 e. The fourth-order valence-corrected chi connectivity index (χ4v) is 3.34. The van der Waals surface area contributed by atoms with Crippen molar-refractivity contribution >= 4 is 23.7 Å². The summed E-state index contributed by atoms with van der Waals surface area (Å²) < 4.78 is 6.89. The highest BCUT2D eigenvalue weighted by Crippen LogP contribution is 2.28. The monoisotopic (exact) mass is 397 g/mol. The first-order valence-electron chi connectivity index (χ1n) is 9.16. The lowest BCUT2D eigenvalue weighted by Crippen LogP contribution is -2.41. The Labute approximate surface area is 168 Å². The third-order valence-corrected chi connectivity index (χ3v) is 5.35. The first-order valence-corrected chi connectivity index (χ1v) is 9.16. The van der Waals surface area contributed by atoms with Gasteiger partial charge in [0.1, 0.15) is 12.1 Å². The van der Waals surface area contributed by atoms with Gasteiger partial charge in [-0.15, -0.1) is 0 Å². The number of aryl methyl sites for hydroxylation is 1. The number of aromatic nitrogens is 1. The highest BCUT2D eigenvalue weighted by atomic mass is 16.5. The van der Waals surface area contributed by atoms with Crippen molar-refractivity contribution < 1.29 is 23.9 Å². The van der Waals surface area contributed by atoms with Crippen molar-refractivity contribution in [3.8, 4) is 0 Å². The summed E-state index contributed by atoms with van der Waals surface area (Å²) in [6.45, 7) is 4.24. The lowest BCUT2D eigenvalue weighted by molar-refractivity contribution is -0.146. The van der Waals surface area contributed by atoms with Crippen LogP contribution in [-0.2, 0) is 26.9 Å². The quantitative estimate of drug-likeness (QED) is 0.456. The van der Waals surface area contributed by atoms with Crippen molar-refractivity contribution in [2.75, 3.05) is 13.2 Å². The predicted octanol–water partition coefficient (Wildman–Crippen LogP) is 1.84. The van der Waals surface area contributed by atoms with Crippen LogP contribution in [0.3, 0.4) is 0 Å². The summed E-state index contributed by atoms with van der Waals surface area (Å²) in [6, 6.07) is 9.82. The van der Waals surface area contributed by atoms with Crippen molar-refractivity contribution in [2.24, 2.45) is 7.05 Å². The molecule has 1 aromatic carbocycles. The second-order valence-corrected chi connectivity index (χ2v) is 7.24. The van der Waals surface area contributed by atoms with Crippen LogP contribution < -0.4 is 5.32 Å². The molecule has 1 aliphatic heterocycles. The van der Waals surface area contributed by atoms with Crippen LogP contribution in [0.4, 0.5) is 4.79 Å². The summed E-state index contributed by atoms with van der Waals surface area (Å²) in [4.78, 5) is 50.4. The molecule has 1 aromatic heterocycles. The average molecular weight is 397 g/mol. The summed E-state index contributed by atoms with van der Waals surface area (Å²) >= 11 is 0. The topological polar surface area (TPSA) is 97.7 Å². The molecular weight excluding hydrogens is 374 g/mol. The first-order chi connectivity index (χ1) is 13.6. The van der Waals surface area contributed by atoms with E-state index in [0.29, 0.717) is 11.1 Å². The molecular formula is C21H23N3O5. The number of hydrogen-bond donors (Lipinski definition) is 1. The number of ketones is 1. The van der Waals surface area contributed by atoms with Crippen molar-refractivity contribution in [2.45, 2.75) is 26.3 Å². The number of urea groups is 1. The number of esters is 1. The summed E-state index contributed by atoms with van der Waals surface area (Å²) in [5.74, 6) is -1.72. The Hall–Kier alpha value is -3.42. The SMILES string of the molecule is Cc1cc(C(=O)COC(=O)CN2C(=O)N[C@](C)(c3ccccc3)C2=O)c(C)n1C. The van der Waals surface area contributed by atoms with Crippen molar-refractivity contribution in [3.05, 3.63) is 58.9 Å². The van der Waals surface area contributed by atoms with Crippen LogP contribution in [0.5, 0.6) is 0 Å². The number of rotatable bonds is 6. The van der Waals surface area contributed by atoms with Crippen molar-refractivity contribution in [1.82, 2.24) is 14.8 Å². The van der Waals surface area contributed by atoms with E-state index in [1.807, 2.05) is 18.5 Å². The third-order valence-electron chi connectivity index (χ3n) is 5.35. The van der Waals surface area contributed by atoms with E-state index in [9.17, 15) is 19.2 Å². The molecule has 2 heterocycles. The standard InChI is InChI=1S/C21H23N3O5/c1-13-10-16(14(2)23(13)4)17(25)12-29-18(26)11-24-19(27)21(3,22-20(24)28)15-8-6-5-7-9-15/h5-10H,11-12H2,1-4H3,(H,22,28)/t21-/m1/s1. The van der Waals surface area contributed by atoms with E-state index in [1.165, 1.54) is 0 Å². The molecule has 1 N–H and O–H groups in total. The van der Waals surface area contributed by atoms with Gasteiger partial charge in [-0.2, -0.15) is 0 Å². The van der Waals surface area contributed by atoms with E-state index in [2.05, 4.69) is 5.32 Å². The summed E-state index contributed by atoms with van der Waals surface area (Å²) in [7, 11) is 1.84. The van der Waals surface area contributed by atoms with Gasteiger partial charge in [0, 0.05) is 24.0 Å². The van der Waals surface area contributed by atoms with Crippen LogP contribution in [0.1, 0.15) is 34.2 Å². The van der Waals surface area contributed by atoms with Crippen LogP contribution in [0, 0.1) is 13.8 Å². The Morgan fingerprint density at radius 1 is 1.14 bits per heavy atom. The lowest BCUT2D eigenvalue weighted by atomic mass is 9.92. The van der Waals surface area contributed by atoms with E-state index in [-0.39, 0.29) is 5.78 Å². The number of nitrogens with zero attached hydrogens (tertiary/aromatic N) is 2. The maximum atomic E-state index is 12.8. The zero-order valence-corrected chi connectivity index (χ0v) is 16.8. The highest BCUT2D eigenvalue weighted by molar-refractivity contribution is 6.09. The Morgan fingerprint density at radius 3 is 2.38 bits per heavy atom. The molecule has 1 aliphatic rings. The molecule has 0 radical (unpaired) electrons. The molecule has 152 valence electrons. The number of hydrogen-bond acceptors (Lipinski definition) is 5. The minimum absolute atomic E-state index is 0.342. The van der Waals surface area contributed by atoms with Gasteiger partial charge in [0.15, 0.2) is 6.61 Å². The Morgan fingerprint density at radius 2 is 1.79 bits per heavy atom. The Kier molecular flexibility index (Phi) is 5.28. The molecule has 0 spiro atoms. The highest BCUT2D eigenvalue weighted by Gasteiger charge is 2.49. The van der Waals surface area contributed by atoms with E-state index in [1.54, 1.807) is 50.2 Å². The molecule has 0 aliphatic carbocycles. The lowest BCUT2D eigenvalue weighted by Gasteiger charge is -2.21. The van der Waals surface area contributed by atoms with Gasteiger partial charge in [-0.05, 0) is 32.4 Å². The molecule has 1 saturated heterocycles. The number of carbonyl (C=O) groups excluding carboxylic acids is 4. The molecule has 0 saturated carbocycles. The molecule has 3 amide bonds. The Balaban J connectivity index is 1.63. The van der Waals surface area contributed by atoms with Gasteiger partial charge in [0.25, 0.3) is 5.91 Å². The van der Waals surface area contributed by atoms with Gasteiger partial charge in [-0.3, -0.25) is 19.3 Å². The smallest absolute Gasteiger partial charge is 0.326 e. The van der Waals surface area contributed by atoms with Gasteiger partial charge in [-0.25, -0.2) is 4.79 Å². The minimum atomic E-state index is -1.26. The second-order valence-electron chi connectivity index (χ2n) is 7.24. The predicted molar refractivity (Wildman–Crippen MR) is 104 cm³/mol. The third kappa shape index (κ3) is 3.65. The number of carbonyl (C=O) groups is 4.